The Morgan fingerprint density at radius 2 is 1.79 bits per heavy atom. The van der Waals surface area contributed by atoms with Crippen LogP contribution in [0.2, 0.25) is 0 Å². The molecule has 8 nitrogen and oxygen atoms in total. The highest BCUT2D eigenvalue weighted by Gasteiger charge is 2.16. The molecule has 8 heteroatoms. The molecule has 0 amide bonds. The van der Waals surface area contributed by atoms with Crippen LogP contribution in [-0.2, 0) is 7.05 Å². The lowest BCUT2D eigenvalue weighted by Crippen LogP contribution is -2.01. The van der Waals surface area contributed by atoms with Gasteiger partial charge >= 0.3 is 0 Å². The van der Waals surface area contributed by atoms with Gasteiger partial charge in [-0.05, 0) is 61.9 Å². The minimum Gasteiger partial charge on any atom is -0.497 e. The number of anilines is 2. The van der Waals surface area contributed by atoms with Crippen molar-refractivity contribution in [2.75, 3.05) is 19.5 Å². The van der Waals surface area contributed by atoms with Crippen molar-refractivity contribution in [3.8, 4) is 28.7 Å². The maximum absolute atomic E-state index is 5.56. The van der Waals surface area contributed by atoms with E-state index in [1.807, 2.05) is 67.2 Å². The molecular formula is C26H26N6O2. The quantitative estimate of drug-likeness (QED) is 0.380. The van der Waals surface area contributed by atoms with Gasteiger partial charge in [-0.3, -0.25) is 0 Å². The first-order chi connectivity index (χ1) is 16.5. The summed E-state index contributed by atoms with van der Waals surface area (Å²) in [4.78, 5) is 14.0. The third kappa shape index (κ3) is 3.73. The molecule has 0 fully saturated rings. The molecule has 2 aromatic carbocycles. The van der Waals surface area contributed by atoms with Crippen LogP contribution in [0.15, 0.2) is 61.1 Å². The van der Waals surface area contributed by atoms with Gasteiger partial charge in [-0.1, -0.05) is 6.07 Å². The second-order valence-electron chi connectivity index (χ2n) is 8.12. The summed E-state index contributed by atoms with van der Waals surface area (Å²) in [6.45, 7) is 4.01. The molecule has 0 aliphatic heterocycles. The Balaban J connectivity index is 1.53. The van der Waals surface area contributed by atoms with Gasteiger partial charge in [-0.2, -0.15) is 4.98 Å². The van der Waals surface area contributed by atoms with Crippen molar-refractivity contribution in [2.24, 2.45) is 7.05 Å². The average molecular weight is 455 g/mol. The van der Waals surface area contributed by atoms with Crippen LogP contribution in [0.5, 0.6) is 11.6 Å². The Hall–Kier alpha value is -4.33. The van der Waals surface area contributed by atoms with Gasteiger partial charge in [0.15, 0.2) is 0 Å². The smallest absolute Gasteiger partial charge is 0.240 e. The minimum atomic E-state index is 0.505. The van der Waals surface area contributed by atoms with Crippen LogP contribution in [-0.4, -0.2) is 38.3 Å². The standard InChI is InChI=1S/C26H26N6O2/c1-16-13-18(33-4)9-10-19(16)25-30-24-20(7-6-8-21(24)31(25)3)28-23-12-11-22(26(29-23)34-5)32-14-17(2)27-15-32/h6-15H,1-5H3,(H,28,29). The molecule has 0 aliphatic rings. The predicted octanol–water partition coefficient (Wildman–Crippen LogP) is 5.20. The molecule has 3 heterocycles. The third-order valence-corrected chi connectivity index (χ3v) is 5.87. The van der Waals surface area contributed by atoms with Crippen molar-refractivity contribution in [3.05, 3.63) is 72.3 Å². The Bertz CT molecular complexity index is 1500. The van der Waals surface area contributed by atoms with E-state index in [1.165, 1.54) is 0 Å². The molecule has 0 bridgehead atoms. The molecule has 5 rings (SSSR count). The van der Waals surface area contributed by atoms with Crippen LogP contribution in [0.4, 0.5) is 11.5 Å². The summed E-state index contributed by atoms with van der Waals surface area (Å²) in [5.41, 5.74) is 6.66. The Kier molecular flexibility index (Phi) is 5.41. The maximum atomic E-state index is 5.56. The van der Waals surface area contributed by atoms with Crippen LogP contribution >= 0.6 is 0 Å². The van der Waals surface area contributed by atoms with E-state index in [-0.39, 0.29) is 0 Å². The number of rotatable bonds is 6. The van der Waals surface area contributed by atoms with E-state index in [0.29, 0.717) is 11.7 Å². The number of ether oxygens (including phenoxy) is 2. The third-order valence-electron chi connectivity index (χ3n) is 5.87. The molecule has 0 radical (unpaired) electrons. The monoisotopic (exact) mass is 454 g/mol. The lowest BCUT2D eigenvalue weighted by molar-refractivity contribution is 0.396. The number of aryl methyl sites for hydroxylation is 3. The molecule has 1 N–H and O–H groups in total. The number of nitrogens with one attached hydrogen (secondary N) is 1. The number of para-hydroxylation sites is 1. The van der Waals surface area contributed by atoms with Crippen molar-refractivity contribution in [2.45, 2.75) is 13.8 Å². The molecule has 0 unspecified atom stereocenters. The number of fused-ring (bicyclic) bond motifs is 1. The van der Waals surface area contributed by atoms with Crippen LogP contribution in [0.25, 0.3) is 28.1 Å². The van der Waals surface area contributed by atoms with Crippen LogP contribution < -0.4 is 14.8 Å². The summed E-state index contributed by atoms with van der Waals surface area (Å²) in [5.74, 6) is 2.89. The summed E-state index contributed by atoms with van der Waals surface area (Å²) in [7, 11) is 5.32. The fraction of sp³-hybridized carbons (Fsp3) is 0.192. The molecule has 0 saturated carbocycles. The van der Waals surface area contributed by atoms with Crippen molar-refractivity contribution in [1.82, 2.24) is 24.1 Å². The van der Waals surface area contributed by atoms with Crippen LogP contribution in [0, 0.1) is 13.8 Å². The molecule has 0 saturated heterocycles. The van der Waals surface area contributed by atoms with Crippen molar-refractivity contribution in [3.63, 3.8) is 0 Å². The van der Waals surface area contributed by atoms with Gasteiger partial charge in [-0.25, -0.2) is 9.97 Å². The average Bonchev–Trinajstić information content (AvgIpc) is 3.42. The number of hydrogen-bond donors (Lipinski definition) is 1. The number of aromatic nitrogens is 5. The van der Waals surface area contributed by atoms with Gasteiger partial charge in [0.05, 0.1) is 37.4 Å². The van der Waals surface area contributed by atoms with Gasteiger partial charge in [0.1, 0.15) is 28.6 Å². The molecule has 172 valence electrons. The number of benzene rings is 2. The summed E-state index contributed by atoms with van der Waals surface area (Å²) < 4.78 is 14.9. The lowest BCUT2D eigenvalue weighted by Gasteiger charge is -2.11. The largest absolute Gasteiger partial charge is 0.497 e. The maximum Gasteiger partial charge on any atom is 0.240 e. The number of pyridine rings is 1. The van der Waals surface area contributed by atoms with Gasteiger partial charge in [0, 0.05) is 18.8 Å². The first-order valence-corrected chi connectivity index (χ1v) is 10.9. The number of nitrogens with zero attached hydrogens (tertiary/aromatic N) is 5. The summed E-state index contributed by atoms with van der Waals surface area (Å²) in [6, 6.07) is 16.0. The summed E-state index contributed by atoms with van der Waals surface area (Å²) >= 11 is 0. The molecule has 34 heavy (non-hydrogen) atoms. The molecule has 0 spiro atoms. The molecule has 3 aromatic heterocycles. The van der Waals surface area contributed by atoms with Crippen LogP contribution in [0.3, 0.4) is 0 Å². The summed E-state index contributed by atoms with van der Waals surface area (Å²) in [6.07, 6.45) is 3.68. The van der Waals surface area contributed by atoms with E-state index in [9.17, 15) is 0 Å². The number of imidazole rings is 2. The second kappa shape index (κ2) is 8.55. The zero-order valence-corrected chi connectivity index (χ0v) is 19.8. The highest BCUT2D eigenvalue weighted by Crippen LogP contribution is 2.33. The van der Waals surface area contributed by atoms with E-state index in [2.05, 4.69) is 32.8 Å². The molecule has 5 aromatic rings. The van der Waals surface area contributed by atoms with Crippen LogP contribution in [0.1, 0.15) is 11.3 Å². The van der Waals surface area contributed by atoms with E-state index < -0.39 is 0 Å². The molecular weight excluding hydrogens is 428 g/mol. The fourth-order valence-electron chi connectivity index (χ4n) is 4.11. The number of methoxy groups -OCH3 is 2. The first-order valence-electron chi connectivity index (χ1n) is 10.9. The highest BCUT2D eigenvalue weighted by atomic mass is 16.5. The Morgan fingerprint density at radius 1 is 0.941 bits per heavy atom. The topological polar surface area (TPSA) is 79.0 Å². The lowest BCUT2D eigenvalue weighted by atomic mass is 10.1. The Labute approximate surface area is 197 Å². The normalized spacial score (nSPS) is 11.1. The van der Waals surface area contributed by atoms with Crippen molar-refractivity contribution >= 4 is 22.5 Å². The minimum absolute atomic E-state index is 0.505. The summed E-state index contributed by atoms with van der Waals surface area (Å²) in [5, 5.41) is 3.42. The molecule has 0 aliphatic carbocycles. The molecule has 0 atom stereocenters. The zero-order chi connectivity index (χ0) is 23.8. The van der Waals surface area contributed by atoms with E-state index >= 15 is 0 Å². The van der Waals surface area contributed by atoms with Gasteiger partial charge < -0.3 is 23.9 Å². The zero-order valence-electron chi connectivity index (χ0n) is 19.8. The van der Waals surface area contributed by atoms with E-state index in [0.717, 1.165) is 50.8 Å². The predicted molar refractivity (Wildman–Crippen MR) is 133 cm³/mol. The highest BCUT2D eigenvalue weighted by molar-refractivity contribution is 5.93. The SMILES string of the molecule is COc1ccc(-c2nc3c(Nc4ccc(-n5cnc(C)c5)c(OC)n4)cccc3n2C)c(C)c1. The van der Waals surface area contributed by atoms with Gasteiger partial charge in [0.25, 0.3) is 0 Å². The van der Waals surface area contributed by atoms with Crippen molar-refractivity contribution < 1.29 is 9.47 Å². The van der Waals surface area contributed by atoms with Gasteiger partial charge in [0.2, 0.25) is 5.88 Å². The van der Waals surface area contributed by atoms with E-state index in [1.54, 1.807) is 20.5 Å². The Morgan fingerprint density at radius 3 is 2.50 bits per heavy atom. The second-order valence-corrected chi connectivity index (χ2v) is 8.12. The van der Waals surface area contributed by atoms with Gasteiger partial charge in [-0.15, -0.1) is 0 Å². The number of hydrogen-bond acceptors (Lipinski definition) is 6. The fourth-order valence-corrected chi connectivity index (χ4v) is 4.11. The van der Waals surface area contributed by atoms with E-state index in [4.69, 9.17) is 14.5 Å². The first kappa shape index (κ1) is 21.5. The van der Waals surface area contributed by atoms with Crippen molar-refractivity contribution in [1.29, 1.82) is 0 Å².